The van der Waals surface area contributed by atoms with Crippen molar-refractivity contribution >= 4 is 29.0 Å². The molecule has 18 heavy (non-hydrogen) atoms. The van der Waals surface area contributed by atoms with Gasteiger partial charge in [-0.3, -0.25) is 4.79 Å². The summed E-state index contributed by atoms with van der Waals surface area (Å²) < 4.78 is 0. The van der Waals surface area contributed by atoms with Crippen LogP contribution in [0, 0.1) is 11.8 Å². The summed E-state index contributed by atoms with van der Waals surface area (Å²) in [7, 11) is 0. The van der Waals surface area contributed by atoms with Crippen molar-refractivity contribution in [2.45, 2.75) is 18.1 Å². The van der Waals surface area contributed by atoms with Gasteiger partial charge in [-0.05, 0) is 24.7 Å². The number of rotatable bonds is 3. The molecule has 1 aromatic heterocycles. The first-order chi connectivity index (χ1) is 8.79. The fraction of sp³-hybridized carbons (Fsp3) is 0.462. The van der Waals surface area contributed by atoms with Gasteiger partial charge in [0.15, 0.2) is 0 Å². The highest BCUT2D eigenvalue weighted by molar-refractivity contribution is 8.00. The zero-order chi connectivity index (χ0) is 12.8. The molecule has 1 aliphatic heterocycles. The summed E-state index contributed by atoms with van der Waals surface area (Å²) >= 11 is 3.43. The van der Waals surface area contributed by atoms with Crippen LogP contribution in [0.2, 0.25) is 0 Å². The first-order valence-electron chi connectivity index (χ1n) is 5.97. The molecule has 0 aliphatic carbocycles. The summed E-state index contributed by atoms with van der Waals surface area (Å²) in [6.07, 6.45) is 2.48. The molecule has 1 atom stereocenters. The second-order valence-electron chi connectivity index (χ2n) is 4.05. The van der Waals surface area contributed by atoms with Crippen molar-refractivity contribution in [3.63, 3.8) is 0 Å². The molecule has 1 saturated heterocycles. The van der Waals surface area contributed by atoms with E-state index in [0.717, 1.165) is 11.4 Å². The van der Waals surface area contributed by atoms with Crippen LogP contribution < -0.4 is 11.1 Å². The molecule has 0 spiro atoms. The van der Waals surface area contributed by atoms with Gasteiger partial charge in [0.2, 0.25) is 0 Å². The number of hydrogen-bond donors (Lipinski definition) is 2. The van der Waals surface area contributed by atoms with Gasteiger partial charge >= 0.3 is 0 Å². The Morgan fingerprint density at radius 1 is 1.61 bits per heavy atom. The lowest BCUT2D eigenvalue weighted by molar-refractivity contribution is 0.0954. The molecule has 1 unspecified atom stereocenters. The normalized spacial score (nSPS) is 18.2. The van der Waals surface area contributed by atoms with Gasteiger partial charge in [-0.15, -0.1) is 11.3 Å². The highest BCUT2D eigenvalue weighted by atomic mass is 32.2. The minimum atomic E-state index is -0.000418. The first kappa shape index (κ1) is 13.5. The van der Waals surface area contributed by atoms with E-state index in [9.17, 15) is 4.79 Å². The lowest BCUT2D eigenvalue weighted by atomic mass is 10.2. The third-order valence-corrected chi connectivity index (χ3v) is 4.93. The van der Waals surface area contributed by atoms with Crippen molar-refractivity contribution in [2.24, 2.45) is 5.73 Å². The summed E-state index contributed by atoms with van der Waals surface area (Å²) in [5.74, 6) is 6.94. The van der Waals surface area contributed by atoms with Crippen LogP contribution in [0.5, 0.6) is 0 Å². The maximum atomic E-state index is 11.9. The van der Waals surface area contributed by atoms with Crippen LogP contribution in [0.1, 0.15) is 28.1 Å². The number of amides is 1. The van der Waals surface area contributed by atoms with E-state index in [4.69, 9.17) is 5.73 Å². The van der Waals surface area contributed by atoms with Gasteiger partial charge in [0, 0.05) is 17.2 Å². The zero-order valence-corrected chi connectivity index (χ0v) is 11.7. The molecule has 5 heteroatoms. The predicted octanol–water partition coefficient (Wildman–Crippen LogP) is 1.68. The van der Waals surface area contributed by atoms with Crippen LogP contribution in [0.4, 0.5) is 0 Å². The molecule has 1 aromatic rings. The van der Waals surface area contributed by atoms with Gasteiger partial charge in [-0.2, -0.15) is 11.8 Å². The minimum Gasteiger partial charge on any atom is -0.351 e. The lowest BCUT2D eigenvalue weighted by Crippen LogP contribution is -2.29. The summed E-state index contributed by atoms with van der Waals surface area (Å²) in [4.78, 5) is 12.8. The fourth-order valence-electron chi connectivity index (χ4n) is 1.77. The van der Waals surface area contributed by atoms with Gasteiger partial charge in [0.1, 0.15) is 0 Å². The molecule has 1 aliphatic rings. The molecular weight excluding hydrogens is 264 g/mol. The molecule has 0 saturated carbocycles. The third kappa shape index (κ3) is 3.77. The Hall–Kier alpha value is -0.960. The van der Waals surface area contributed by atoms with E-state index < -0.39 is 0 Å². The number of nitrogens with one attached hydrogen (secondary N) is 1. The first-order valence-corrected chi connectivity index (χ1v) is 7.89. The number of hydrogen-bond acceptors (Lipinski definition) is 4. The Bertz CT molecular complexity index is 467. The Morgan fingerprint density at radius 2 is 2.50 bits per heavy atom. The van der Waals surface area contributed by atoms with E-state index in [-0.39, 0.29) is 5.91 Å². The zero-order valence-electron chi connectivity index (χ0n) is 10.1. The number of nitrogens with two attached hydrogens (primary N) is 1. The van der Waals surface area contributed by atoms with E-state index >= 15 is 0 Å². The summed E-state index contributed by atoms with van der Waals surface area (Å²) in [6, 6.07) is 1.82. The van der Waals surface area contributed by atoms with Crippen LogP contribution in [0.15, 0.2) is 11.4 Å². The quantitative estimate of drug-likeness (QED) is 0.828. The average Bonchev–Trinajstić information content (AvgIpc) is 3.04. The highest BCUT2D eigenvalue weighted by Gasteiger charge is 2.17. The Labute approximate surface area is 116 Å². The molecule has 1 fully saturated rings. The number of carbonyl (C=O) groups excluding carboxylic acids is 1. The van der Waals surface area contributed by atoms with Crippen molar-refractivity contribution < 1.29 is 4.79 Å². The maximum Gasteiger partial charge on any atom is 0.252 e. The molecule has 0 bridgehead atoms. The SMILES string of the molecule is NCC#Cc1cc(C(=O)NCC2CCCS2)cs1. The van der Waals surface area contributed by atoms with Crippen LogP contribution in [0.3, 0.4) is 0 Å². The van der Waals surface area contributed by atoms with Gasteiger partial charge in [0.25, 0.3) is 5.91 Å². The second kappa shape index (κ2) is 6.83. The van der Waals surface area contributed by atoms with E-state index in [1.807, 2.05) is 23.2 Å². The second-order valence-corrected chi connectivity index (χ2v) is 6.37. The molecule has 3 nitrogen and oxygen atoms in total. The average molecular weight is 280 g/mol. The van der Waals surface area contributed by atoms with Crippen LogP contribution >= 0.6 is 23.1 Å². The summed E-state index contributed by atoms with van der Waals surface area (Å²) in [5, 5.41) is 5.42. The molecule has 2 rings (SSSR count). The molecule has 96 valence electrons. The van der Waals surface area contributed by atoms with Crippen LogP contribution in [-0.4, -0.2) is 30.0 Å². The van der Waals surface area contributed by atoms with Crippen LogP contribution in [-0.2, 0) is 0 Å². The van der Waals surface area contributed by atoms with E-state index in [1.165, 1.54) is 29.9 Å². The number of thioether (sulfide) groups is 1. The smallest absolute Gasteiger partial charge is 0.252 e. The van der Waals surface area contributed by atoms with Gasteiger partial charge < -0.3 is 11.1 Å². The highest BCUT2D eigenvalue weighted by Crippen LogP contribution is 2.25. The summed E-state index contributed by atoms with van der Waals surface area (Å²) in [5.41, 5.74) is 6.01. The molecule has 1 amide bonds. The topological polar surface area (TPSA) is 55.1 Å². The lowest BCUT2D eigenvalue weighted by Gasteiger charge is -2.08. The van der Waals surface area contributed by atoms with E-state index in [2.05, 4.69) is 17.2 Å². The molecule has 0 radical (unpaired) electrons. The molecule has 0 aromatic carbocycles. The standard InChI is InChI=1S/C13H16N2OS2/c14-5-1-3-11-7-10(9-18-11)13(16)15-8-12-4-2-6-17-12/h7,9,12H,2,4-6,8,14H2,(H,15,16). The maximum absolute atomic E-state index is 11.9. The molecule has 3 N–H and O–H groups in total. The largest absolute Gasteiger partial charge is 0.351 e. The van der Waals surface area contributed by atoms with Gasteiger partial charge in [0.05, 0.1) is 17.0 Å². The number of carbonyl (C=O) groups is 1. The van der Waals surface area contributed by atoms with Crippen molar-refractivity contribution in [1.82, 2.24) is 5.32 Å². The fourth-order valence-corrected chi connectivity index (χ4v) is 3.73. The van der Waals surface area contributed by atoms with Crippen molar-refractivity contribution in [2.75, 3.05) is 18.8 Å². The molecular formula is C13H16N2OS2. The third-order valence-electron chi connectivity index (χ3n) is 2.69. The summed E-state index contributed by atoms with van der Waals surface area (Å²) in [6.45, 7) is 1.11. The van der Waals surface area contributed by atoms with Gasteiger partial charge in [-0.1, -0.05) is 11.8 Å². The van der Waals surface area contributed by atoms with E-state index in [0.29, 0.717) is 17.4 Å². The minimum absolute atomic E-state index is 0.000418. The van der Waals surface area contributed by atoms with Crippen LogP contribution in [0.25, 0.3) is 0 Å². The Morgan fingerprint density at radius 3 is 3.22 bits per heavy atom. The van der Waals surface area contributed by atoms with E-state index in [1.54, 1.807) is 0 Å². The van der Waals surface area contributed by atoms with Crippen molar-refractivity contribution in [3.8, 4) is 11.8 Å². The van der Waals surface area contributed by atoms with Gasteiger partial charge in [-0.25, -0.2) is 0 Å². The Balaban J connectivity index is 1.86. The monoisotopic (exact) mass is 280 g/mol. The predicted molar refractivity (Wildman–Crippen MR) is 78.1 cm³/mol. The van der Waals surface area contributed by atoms with Crippen molar-refractivity contribution in [1.29, 1.82) is 0 Å². The van der Waals surface area contributed by atoms with Crippen molar-refractivity contribution in [3.05, 3.63) is 21.9 Å². The Kier molecular flexibility index (Phi) is 5.12. The number of thiophene rings is 1. The molecule has 2 heterocycles.